The summed E-state index contributed by atoms with van der Waals surface area (Å²) in [5, 5.41) is 19.7. The predicted molar refractivity (Wildman–Crippen MR) is 75.9 cm³/mol. The van der Waals surface area contributed by atoms with E-state index in [9.17, 15) is 10.0 Å². The first-order chi connectivity index (χ1) is 7.90. The van der Waals surface area contributed by atoms with Gasteiger partial charge in [-0.1, -0.05) is 27.7 Å². The van der Waals surface area contributed by atoms with Gasteiger partial charge in [-0.25, -0.2) is 0 Å². The number of rotatable bonds is 7. The van der Waals surface area contributed by atoms with Crippen LogP contribution < -0.4 is 0 Å². The van der Waals surface area contributed by atoms with Crippen LogP contribution >= 0.6 is 0 Å². The van der Waals surface area contributed by atoms with Crippen molar-refractivity contribution >= 4 is 14.0 Å². The van der Waals surface area contributed by atoms with E-state index in [1.807, 2.05) is 55.4 Å². The molecule has 2 N–H and O–H groups in total. The Morgan fingerprint density at radius 2 is 0.944 bits per heavy atom. The smallest absolute Gasteiger partial charge is 0.429 e. The Morgan fingerprint density at radius 1 is 0.722 bits per heavy atom. The summed E-state index contributed by atoms with van der Waals surface area (Å²) in [7, 11) is -2.69. The van der Waals surface area contributed by atoms with Crippen molar-refractivity contribution in [1.82, 2.24) is 0 Å². The van der Waals surface area contributed by atoms with Crippen molar-refractivity contribution in [2.45, 2.75) is 66.6 Å². The van der Waals surface area contributed by atoms with Crippen LogP contribution in [0.5, 0.6) is 0 Å². The Balaban J connectivity index is 4.49. The van der Waals surface area contributed by atoms with Crippen molar-refractivity contribution in [3.05, 3.63) is 0 Å². The summed E-state index contributed by atoms with van der Waals surface area (Å²) in [6.45, 7) is 15.5. The quantitative estimate of drug-likeness (QED) is 0.685. The maximum Gasteiger partial charge on any atom is 0.485 e. The summed E-state index contributed by atoms with van der Waals surface area (Å²) in [5.74, 6) is 0.440. The van der Waals surface area contributed by atoms with Gasteiger partial charge in [0.15, 0.2) is 0 Å². The van der Waals surface area contributed by atoms with Gasteiger partial charge in [-0.15, -0.1) is 0 Å². The highest BCUT2D eigenvalue weighted by molar-refractivity contribution is 7.09. The number of hydrogen-bond acceptors (Lipinski definition) is 4. The molecule has 0 rings (SSSR count). The molecular formula is C12H28B2O4. The van der Waals surface area contributed by atoms with E-state index >= 15 is 0 Å². The molecule has 0 saturated heterocycles. The summed E-state index contributed by atoms with van der Waals surface area (Å²) in [6.07, 6.45) is 0. The van der Waals surface area contributed by atoms with Crippen LogP contribution in [-0.4, -0.2) is 35.3 Å². The van der Waals surface area contributed by atoms with E-state index in [2.05, 4.69) is 0 Å². The zero-order chi connectivity index (χ0) is 14.7. The topological polar surface area (TPSA) is 58.9 Å². The van der Waals surface area contributed by atoms with E-state index in [1.165, 1.54) is 0 Å². The van der Waals surface area contributed by atoms with Crippen molar-refractivity contribution in [3.8, 4) is 0 Å². The van der Waals surface area contributed by atoms with Crippen LogP contribution in [0.15, 0.2) is 0 Å². The summed E-state index contributed by atoms with van der Waals surface area (Å²) in [6, 6.07) is 0. The van der Waals surface area contributed by atoms with Crippen LogP contribution in [0.2, 0.25) is 0 Å². The Morgan fingerprint density at radius 3 is 1.11 bits per heavy atom. The molecule has 0 heterocycles. The maximum absolute atomic E-state index is 9.85. The molecule has 0 radical (unpaired) electrons. The summed E-state index contributed by atoms with van der Waals surface area (Å²) in [4.78, 5) is 0. The fraction of sp³-hybridized carbons (Fsp3) is 1.00. The monoisotopic (exact) mass is 258 g/mol. The average Bonchev–Trinajstić information content (AvgIpc) is 2.15. The largest absolute Gasteiger partial charge is 0.485 e. The summed E-state index contributed by atoms with van der Waals surface area (Å²) < 4.78 is 10.9. The molecule has 18 heavy (non-hydrogen) atoms. The highest BCUT2D eigenvalue weighted by Crippen LogP contribution is 2.24. The fourth-order valence-corrected chi connectivity index (χ4v) is 1.01. The number of hydrogen-bond donors (Lipinski definition) is 2. The zero-order valence-electron chi connectivity index (χ0n) is 13.0. The maximum atomic E-state index is 9.85. The van der Waals surface area contributed by atoms with Gasteiger partial charge in [-0.05, 0) is 39.5 Å². The average molecular weight is 258 g/mol. The molecule has 0 aromatic heterocycles. The molecule has 0 bridgehead atoms. The third-order valence-electron chi connectivity index (χ3n) is 3.87. The van der Waals surface area contributed by atoms with Crippen molar-refractivity contribution < 1.29 is 19.4 Å². The van der Waals surface area contributed by atoms with Crippen LogP contribution in [0, 0.1) is 11.8 Å². The highest BCUT2D eigenvalue weighted by atomic mass is 16.6. The van der Waals surface area contributed by atoms with Crippen molar-refractivity contribution in [3.63, 3.8) is 0 Å². The van der Waals surface area contributed by atoms with Gasteiger partial charge in [-0.3, -0.25) is 0 Å². The zero-order valence-corrected chi connectivity index (χ0v) is 13.0. The first-order valence-corrected chi connectivity index (χ1v) is 6.62. The molecule has 0 aliphatic heterocycles. The summed E-state index contributed by atoms with van der Waals surface area (Å²) >= 11 is 0. The Kier molecular flexibility index (Phi) is 6.41. The molecule has 0 saturated carbocycles. The molecule has 0 aliphatic carbocycles. The van der Waals surface area contributed by atoms with Gasteiger partial charge in [-0.2, -0.15) is 0 Å². The Hall–Kier alpha value is -0.0301. The molecule has 4 nitrogen and oxygen atoms in total. The molecule has 106 valence electrons. The van der Waals surface area contributed by atoms with E-state index in [0.29, 0.717) is 0 Å². The van der Waals surface area contributed by atoms with Crippen LogP contribution in [0.4, 0.5) is 0 Å². The summed E-state index contributed by atoms with van der Waals surface area (Å²) in [5.41, 5.74) is -1.04. The van der Waals surface area contributed by atoms with E-state index in [0.717, 1.165) is 0 Å². The second kappa shape index (κ2) is 6.42. The molecule has 0 aromatic carbocycles. The van der Waals surface area contributed by atoms with Crippen LogP contribution in [-0.2, 0) is 9.31 Å². The van der Waals surface area contributed by atoms with E-state index < -0.39 is 25.2 Å². The molecule has 0 unspecified atom stereocenters. The fourth-order valence-electron chi connectivity index (χ4n) is 1.01. The van der Waals surface area contributed by atoms with E-state index in [4.69, 9.17) is 9.31 Å². The van der Waals surface area contributed by atoms with Crippen molar-refractivity contribution in [1.29, 1.82) is 0 Å². The molecule has 0 aromatic rings. The molecule has 0 aliphatic rings. The predicted octanol–water partition coefficient (Wildman–Crippen LogP) is 1.93. The highest BCUT2D eigenvalue weighted by Gasteiger charge is 2.42. The van der Waals surface area contributed by atoms with Crippen molar-refractivity contribution in [2.75, 3.05) is 0 Å². The molecule has 0 amide bonds. The standard InChI is InChI=1S/C12H28B2O4/c1-9(2)11(5,6)17-13(15)14(16)18-12(7,8)10(3)4/h9-10,15-16H,1-8H3. The molecule has 0 atom stereocenters. The minimum atomic E-state index is -1.35. The first-order valence-electron chi connectivity index (χ1n) is 6.62. The second-order valence-electron chi connectivity index (χ2n) is 6.53. The molecule has 0 spiro atoms. The van der Waals surface area contributed by atoms with Gasteiger partial charge in [0.2, 0.25) is 0 Å². The van der Waals surface area contributed by atoms with Gasteiger partial charge in [0.1, 0.15) is 0 Å². The van der Waals surface area contributed by atoms with Crippen LogP contribution in [0.25, 0.3) is 0 Å². The van der Waals surface area contributed by atoms with Gasteiger partial charge in [0.25, 0.3) is 0 Å². The van der Waals surface area contributed by atoms with Crippen LogP contribution in [0.3, 0.4) is 0 Å². The minimum Gasteiger partial charge on any atom is -0.429 e. The van der Waals surface area contributed by atoms with Crippen LogP contribution in [0.1, 0.15) is 55.4 Å². The Bertz CT molecular complexity index is 228. The third kappa shape index (κ3) is 5.31. The van der Waals surface area contributed by atoms with Gasteiger partial charge >= 0.3 is 14.0 Å². The Labute approximate surface area is 112 Å². The second-order valence-corrected chi connectivity index (χ2v) is 6.53. The molecular weight excluding hydrogens is 230 g/mol. The lowest BCUT2D eigenvalue weighted by Gasteiger charge is -2.35. The lowest BCUT2D eigenvalue weighted by Crippen LogP contribution is -2.52. The minimum absolute atomic E-state index is 0.220. The first kappa shape index (κ1) is 18.0. The molecule has 6 heteroatoms. The normalized spacial score (nSPS) is 13.3. The van der Waals surface area contributed by atoms with Crippen molar-refractivity contribution in [2.24, 2.45) is 11.8 Å². The van der Waals surface area contributed by atoms with Gasteiger partial charge < -0.3 is 19.4 Å². The third-order valence-corrected chi connectivity index (χ3v) is 3.87. The SMILES string of the molecule is CC(C)C(C)(C)OB(O)B(O)OC(C)(C)C(C)C. The van der Waals surface area contributed by atoms with E-state index in [1.54, 1.807) is 0 Å². The van der Waals surface area contributed by atoms with Gasteiger partial charge in [0.05, 0.1) is 11.2 Å². The van der Waals surface area contributed by atoms with E-state index in [-0.39, 0.29) is 11.8 Å². The lowest BCUT2D eigenvalue weighted by atomic mass is 9.48. The lowest BCUT2D eigenvalue weighted by molar-refractivity contribution is 0.0207. The molecule has 0 fully saturated rings. The van der Waals surface area contributed by atoms with Gasteiger partial charge in [0, 0.05) is 0 Å².